The molecule has 1 aliphatic heterocycles. The first-order chi connectivity index (χ1) is 14.6. The van der Waals surface area contributed by atoms with Gasteiger partial charge in [0.1, 0.15) is 5.82 Å². The number of nitrogens with zero attached hydrogens (tertiary/aromatic N) is 2. The summed E-state index contributed by atoms with van der Waals surface area (Å²) in [6, 6.07) is 12.8. The second-order valence-electron chi connectivity index (χ2n) is 8.32. The van der Waals surface area contributed by atoms with Crippen LogP contribution in [0.4, 0.5) is 15.8 Å². The summed E-state index contributed by atoms with van der Waals surface area (Å²) in [7, 11) is 0. The number of carbonyl (C=O) groups excluding carboxylic acids is 2. The molecule has 2 aromatic rings. The summed E-state index contributed by atoms with van der Waals surface area (Å²) in [6.07, 6.45) is -3.25. The van der Waals surface area contributed by atoms with Crippen molar-refractivity contribution in [2.75, 3.05) is 23.4 Å². The highest BCUT2D eigenvalue weighted by atomic mass is 19.1. The van der Waals surface area contributed by atoms with Crippen molar-refractivity contribution in [3.8, 4) is 6.07 Å². The Bertz CT molecular complexity index is 1020. The van der Waals surface area contributed by atoms with Crippen molar-refractivity contribution < 1.29 is 23.8 Å². The number of anilines is 2. The second-order valence-corrected chi connectivity index (χ2v) is 8.32. The lowest BCUT2D eigenvalue weighted by atomic mass is 9.87. The number of ether oxygens (including phenoxy) is 1. The van der Waals surface area contributed by atoms with E-state index >= 15 is 0 Å². The van der Waals surface area contributed by atoms with Crippen LogP contribution in [0.2, 0.25) is 0 Å². The van der Waals surface area contributed by atoms with Gasteiger partial charge in [-0.1, -0.05) is 32.9 Å². The largest absolute Gasteiger partial charge is 0.380 e. The molecule has 7 nitrogen and oxygen atoms in total. The van der Waals surface area contributed by atoms with Gasteiger partial charge in [-0.2, -0.15) is 5.26 Å². The highest BCUT2D eigenvalue weighted by Gasteiger charge is 2.39. The lowest BCUT2D eigenvalue weighted by Gasteiger charge is -2.34. The molecule has 2 atom stereocenters. The van der Waals surface area contributed by atoms with Crippen LogP contribution in [0.15, 0.2) is 42.5 Å². The topological polar surface area (TPSA) is 103 Å². The predicted octanol–water partition coefficient (Wildman–Crippen LogP) is 2.73. The first-order valence-electron chi connectivity index (χ1n) is 9.84. The fraction of sp³-hybridized carbons (Fsp3) is 0.348. The number of amides is 2. The standard InChI is InChI=1S/C23H24FN3O4/c1-23(2,3)15-5-7-16(8-6-15)27-10-11-31-20(22(27)30)19(28)21(29)26-18-9-4-14(13-25)12-17(18)24/h4-9,12,19-20,28H,10-11H2,1-3H3,(H,26,29). The zero-order chi connectivity index (χ0) is 22.8. The molecule has 1 fully saturated rings. The molecular formula is C23H24FN3O4. The van der Waals surface area contributed by atoms with Crippen LogP contribution in [0.5, 0.6) is 0 Å². The summed E-state index contributed by atoms with van der Waals surface area (Å²) in [4.78, 5) is 26.8. The number of benzene rings is 2. The van der Waals surface area contributed by atoms with Gasteiger partial charge in [-0.05, 0) is 41.3 Å². The predicted molar refractivity (Wildman–Crippen MR) is 113 cm³/mol. The average molecular weight is 425 g/mol. The molecule has 2 aromatic carbocycles. The van der Waals surface area contributed by atoms with Gasteiger partial charge in [-0.25, -0.2) is 4.39 Å². The van der Waals surface area contributed by atoms with Crippen LogP contribution in [0, 0.1) is 17.1 Å². The van der Waals surface area contributed by atoms with Gasteiger partial charge in [0.25, 0.3) is 11.8 Å². The molecule has 0 spiro atoms. The van der Waals surface area contributed by atoms with Crippen LogP contribution in [0.3, 0.4) is 0 Å². The summed E-state index contributed by atoms with van der Waals surface area (Å²) in [5.74, 6) is -2.36. The number of nitriles is 1. The van der Waals surface area contributed by atoms with Crippen LogP contribution in [-0.2, 0) is 19.7 Å². The Kier molecular flexibility index (Phi) is 6.39. The molecule has 2 N–H and O–H groups in total. The van der Waals surface area contributed by atoms with Crippen LogP contribution >= 0.6 is 0 Å². The van der Waals surface area contributed by atoms with E-state index in [1.807, 2.05) is 24.3 Å². The number of nitrogens with one attached hydrogen (secondary N) is 1. The number of rotatable bonds is 4. The zero-order valence-electron chi connectivity index (χ0n) is 17.6. The lowest BCUT2D eigenvalue weighted by Crippen LogP contribution is -2.55. The summed E-state index contributed by atoms with van der Waals surface area (Å²) in [6.45, 7) is 6.67. The van der Waals surface area contributed by atoms with E-state index in [-0.39, 0.29) is 29.8 Å². The first kappa shape index (κ1) is 22.4. The van der Waals surface area contributed by atoms with Gasteiger partial charge in [0.15, 0.2) is 12.2 Å². The molecule has 1 aliphatic rings. The van der Waals surface area contributed by atoms with Crippen molar-refractivity contribution in [1.82, 2.24) is 0 Å². The van der Waals surface area contributed by atoms with Crippen molar-refractivity contribution >= 4 is 23.2 Å². The Hall–Kier alpha value is -3.28. The van der Waals surface area contributed by atoms with Gasteiger partial charge in [0, 0.05) is 12.2 Å². The minimum Gasteiger partial charge on any atom is -0.380 e. The van der Waals surface area contributed by atoms with Crippen LogP contribution in [-0.4, -0.2) is 42.3 Å². The molecule has 2 unspecified atom stereocenters. The minimum atomic E-state index is -1.83. The number of hydrogen-bond donors (Lipinski definition) is 2. The monoisotopic (exact) mass is 425 g/mol. The average Bonchev–Trinajstić information content (AvgIpc) is 2.74. The second kappa shape index (κ2) is 8.84. The number of carbonyl (C=O) groups is 2. The fourth-order valence-electron chi connectivity index (χ4n) is 3.26. The molecule has 0 bridgehead atoms. The van der Waals surface area contributed by atoms with Gasteiger partial charge < -0.3 is 20.1 Å². The van der Waals surface area contributed by atoms with Gasteiger partial charge in [-0.3, -0.25) is 9.59 Å². The smallest absolute Gasteiger partial charge is 0.259 e. The zero-order valence-corrected chi connectivity index (χ0v) is 17.6. The highest BCUT2D eigenvalue weighted by molar-refractivity contribution is 6.03. The summed E-state index contributed by atoms with van der Waals surface area (Å²) in [5.41, 5.74) is 1.59. The third-order valence-corrected chi connectivity index (χ3v) is 5.08. The number of halogens is 1. The Morgan fingerprint density at radius 2 is 1.97 bits per heavy atom. The molecule has 162 valence electrons. The Morgan fingerprint density at radius 1 is 1.29 bits per heavy atom. The third kappa shape index (κ3) is 4.90. The lowest BCUT2D eigenvalue weighted by molar-refractivity contribution is -0.150. The van der Waals surface area contributed by atoms with E-state index in [1.54, 1.807) is 6.07 Å². The molecule has 2 amide bonds. The van der Waals surface area contributed by atoms with Crippen molar-refractivity contribution in [1.29, 1.82) is 5.26 Å². The van der Waals surface area contributed by atoms with Crippen molar-refractivity contribution in [3.05, 3.63) is 59.4 Å². The molecule has 3 rings (SSSR count). The Balaban J connectivity index is 1.73. The summed E-state index contributed by atoms with van der Waals surface area (Å²) >= 11 is 0. The number of morpholine rings is 1. The molecule has 0 radical (unpaired) electrons. The molecular weight excluding hydrogens is 401 g/mol. The van der Waals surface area contributed by atoms with E-state index in [2.05, 4.69) is 26.1 Å². The normalized spacial score (nSPS) is 17.7. The van der Waals surface area contributed by atoms with E-state index in [4.69, 9.17) is 10.00 Å². The van der Waals surface area contributed by atoms with Crippen molar-refractivity contribution in [2.45, 2.75) is 38.4 Å². The first-order valence-corrected chi connectivity index (χ1v) is 9.84. The fourth-order valence-corrected chi connectivity index (χ4v) is 3.26. The quantitative estimate of drug-likeness (QED) is 0.784. The van der Waals surface area contributed by atoms with E-state index in [1.165, 1.54) is 17.0 Å². The van der Waals surface area contributed by atoms with Crippen LogP contribution in [0.1, 0.15) is 31.9 Å². The summed E-state index contributed by atoms with van der Waals surface area (Å²) < 4.78 is 19.4. The van der Waals surface area contributed by atoms with Gasteiger partial charge in [0.05, 0.1) is 23.9 Å². The maximum absolute atomic E-state index is 14.0. The number of aliphatic hydroxyl groups excluding tert-OH is 1. The van der Waals surface area contributed by atoms with Crippen molar-refractivity contribution in [3.63, 3.8) is 0 Å². The maximum atomic E-state index is 14.0. The molecule has 31 heavy (non-hydrogen) atoms. The molecule has 1 heterocycles. The summed E-state index contributed by atoms with van der Waals surface area (Å²) in [5, 5.41) is 21.4. The van der Waals surface area contributed by atoms with E-state index in [0.717, 1.165) is 11.6 Å². The molecule has 1 saturated heterocycles. The van der Waals surface area contributed by atoms with Gasteiger partial charge in [0.2, 0.25) is 0 Å². The van der Waals surface area contributed by atoms with Gasteiger partial charge >= 0.3 is 0 Å². The Labute approximate surface area is 180 Å². The van der Waals surface area contributed by atoms with E-state index < -0.39 is 29.8 Å². The SMILES string of the molecule is CC(C)(C)c1ccc(N2CCOC(C(O)C(=O)Nc3ccc(C#N)cc3F)C2=O)cc1. The van der Waals surface area contributed by atoms with Gasteiger partial charge in [-0.15, -0.1) is 0 Å². The molecule has 0 aliphatic carbocycles. The maximum Gasteiger partial charge on any atom is 0.259 e. The highest BCUT2D eigenvalue weighted by Crippen LogP contribution is 2.27. The molecule has 0 aromatic heterocycles. The number of aliphatic hydroxyl groups is 1. The minimum absolute atomic E-state index is 0.0366. The molecule has 8 heteroatoms. The van der Waals surface area contributed by atoms with Crippen LogP contribution in [0.25, 0.3) is 0 Å². The van der Waals surface area contributed by atoms with E-state index in [0.29, 0.717) is 5.69 Å². The Morgan fingerprint density at radius 3 is 2.55 bits per heavy atom. The number of hydrogen-bond acceptors (Lipinski definition) is 5. The van der Waals surface area contributed by atoms with E-state index in [9.17, 15) is 19.1 Å². The van der Waals surface area contributed by atoms with Crippen molar-refractivity contribution in [2.24, 2.45) is 0 Å². The third-order valence-electron chi connectivity index (χ3n) is 5.08. The van der Waals surface area contributed by atoms with Crippen LogP contribution < -0.4 is 10.2 Å². The molecule has 0 saturated carbocycles.